The highest BCUT2D eigenvalue weighted by Crippen LogP contribution is 2.67. The number of unbranched alkanes of at least 4 members (excludes halogenated alkanes) is 1. The van der Waals surface area contributed by atoms with Crippen LogP contribution < -0.4 is 30.8 Å². The third-order valence-corrected chi connectivity index (χ3v) is 15.2. The zero-order chi connectivity index (χ0) is 45.8. The van der Waals surface area contributed by atoms with Crippen molar-refractivity contribution < 1.29 is 59.0 Å². The average molecular weight is 872 g/mol. The van der Waals surface area contributed by atoms with Gasteiger partial charge in [0.05, 0.1) is 29.8 Å². The Morgan fingerprint density at radius 2 is 1.32 bits per heavy atom. The number of fused-ring (bicyclic) bond motifs is 5. The molecule has 4 aliphatic rings. The first-order chi connectivity index (χ1) is 29.2. The molecule has 0 aromatic heterocycles. The second kappa shape index (κ2) is 23.3. The highest BCUT2D eigenvalue weighted by atomic mass is 16.6. The zero-order valence-electron chi connectivity index (χ0n) is 37.7. The molecule has 352 valence electrons. The Morgan fingerprint density at radius 1 is 0.726 bits per heavy atom. The molecule has 16 heteroatoms. The first-order valence-electron chi connectivity index (χ1n) is 23.1. The first kappa shape index (κ1) is 50.9. The summed E-state index contributed by atoms with van der Waals surface area (Å²) in [4.78, 5) is 73.5. The van der Waals surface area contributed by atoms with Crippen LogP contribution in [0.15, 0.2) is 11.6 Å². The van der Waals surface area contributed by atoms with Crippen LogP contribution in [-0.4, -0.2) is 122 Å². The van der Waals surface area contributed by atoms with Crippen LogP contribution in [0, 0.1) is 46.3 Å². The number of carbonyl (C=O) groups is 6. The predicted octanol–water partition coefficient (Wildman–Crippen LogP) is -0.683. The minimum absolute atomic E-state index is 0.00346. The predicted molar refractivity (Wildman–Crippen MR) is 218 cm³/mol. The minimum Gasteiger partial charge on any atom is -0.549 e. The number of amides is 1. The Morgan fingerprint density at radius 3 is 1.87 bits per heavy atom. The molecule has 9 atom stereocenters. The van der Waals surface area contributed by atoms with Gasteiger partial charge in [-0.15, -0.1) is 0 Å². The van der Waals surface area contributed by atoms with E-state index in [9.17, 15) is 54.3 Å². The van der Waals surface area contributed by atoms with E-state index < -0.39 is 68.2 Å². The van der Waals surface area contributed by atoms with E-state index in [1.807, 2.05) is 0 Å². The summed E-state index contributed by atoms with van der Waals surface area (Å²) in [6.07, 6.45) is 15.2. The Balaban J connectivity index is 1.28. The highest BCUT2D eigenvalue weighted by molar-refractivity contribution is 5.72. The SMILES string of the molecule is CC(C)CCCC(C)[C@H]1CCC2C3CC=C4C[C@@H](OC(=O)NCCCC[C@@H](C(=O)[O-])N(CCN(CC(=O)[O-])CC(=O)[O-])CCN(CC(=O)[O-])CC(=O)[O-])CC[C@]4(C)C3CC[C@@]21C. The van der Waals surface area contributed by atoms with Crippen LogP contribution in [0.1, 0.15) is 125 Å². The number of aliphatic carboxylic acids is 5. The Hall–Kier alpha value is -3.76. The average Bonchev–Trinajstić information content (AvgIpc) is 3.52. The molecule has 4 aliphatic carbocycles. The molecular weight excluding hydrogens is 801 g/mol. The maximum atomic E-state index is 13.0. The third-order valence-electron chi connectivity index (χ3n) is 15.2. The standard InChI is InChI=1S/C46H76N4O12/c1-30(2)9-8-10-31(3)35-14-15-36-34-13-12-32-25-33(16-18-45(32,4)37(34)17-19-46(35,36)5)62-44(61)47-20-7-6-11-38(43(59)60)50(23-21-48(26-39(51)52)27-40(53)54)24-22-49(28-41(55)56)29-42(57)58/h12,30-31,33-38H,6-11,13-29H2,1-5H3,(H,47,61)(H,51,52)(H,53,54)(H,55,56)(H,57,58)(H,59,60)/p-5/t31?,33-,34?,35+,36?,37?,38-,45-,46+/m0/s1. The van der Waals surface area contributed by atoms with Crippen LogP contribution in [0.4, 0.5) is 4.79 Å². The van der Waals surface area contributed by atoms with Crippen molar-refractivity contribution in [1.29, 1.82) is 0 Å². The summed E-state index contributed by atoms with van der Waals surface area (Å²) in [6, 6.07) is -1.31. The number of nitrogens with one attached hydrogen (secondary N) is 1. The number of carboxylic acids is 5. The van der Waals surface area contributed by atoms with Gasteiger partial charge in [0, 0.05) is 71.4 Å². The lowest BCUT2D eigenvalue weighted by molar-refractivity contribution is -0.314. The van der Waals surface area contributed by atoms with E-state index in [2.05, 4.69) is 46.0 Å². The van der Waals surface area contributed by atoms with Crippen molar-refractivity contribution in [1.82, 2.24) is 20.0 Å². The fourth-order valence-corrected chi connectivity index (χ4v) is 12.2. The number of allylic oxidation sites excluding steroid dienone is 1. The first-order valence-corrected chi connectivity index (χ1v) is 23.1. The summed E-state index contributed by atoms with van der Waals surface area (Å²) >= 11 is 0. The number of hydrogen-bond donors (Lipinski definition) is 1. The van der Waals surface area contributed by atoms with E-state index in [1.165, 1.54) is 55.4 Å². The summed E-state index contributed by atoms with van der Waals surface area (Å²) < 4.78 is 5.92. The van der Waals surface area contributed by atoms with Gasteiger partial charge < -0.3 is 59.6 Å². The van der Waals surface area contributed by atoms with Gasteiger partial charge in [-0.2, -0.15) is 0 Å². The monoisotopic (exact) mass is 872 g/mol. The lowest BCUT2D eigenvalue weighted by Gasteiger charge is -2.58. The number of carboxylic acid groups (broad SMARTS) is 5. The number of ether oxygens (including phenoxy) is 1. The molecule has 0 heterocycles. The number of nitrogens with zero attached hydrogens (tertiary/aromatic N) is 3. The third kappa shape index (κ3) is 14.1. The summed E-state index contributed by atoms with van der Waals surface area (Å²) in [5.74, 6) is -3.32. The molecule has 0 aliphatic heterocycles. The number of rotatable bonds is 27. The molecule has 0 bridgehead atoms. The molecule has 0 aromatic carbocycles. The van der Waals surface area contributed by atoms with Crippen molar-refractivity contribution in [3.8, 4) is 0 Å². The van der Waals surface area contributed by atoms with E-state index in [-0.39, 0.29) is 57.1 Å². The van der Waals surface area contributed by atoms with Crippen LogP contribution in [0.5, 0.6) is 0 Å². The zero-order valence-corrected chi connectivity index (χ0v) is 37.7. The van der Waals surface area contributed by atoms with Crippen LogP contribution in [0.25, 0.3) is 0 Å². The molecule has 0 spiro atoms. The molecule has 16 nitrogen and oxygen atoms in total. The van der Waals surface area contributed by atoms with Crippen LogP contribution in [-0.2, 0) is 28.7 Å². The van der Waals surface area contributed by atoms with Crippen molar-refractivity contribution in [2.24, 2.45) is 46.3 Å². The lowest BCUT2D eigenvalue weighted by Crippen LogP contribution is -2.54. The fourth-order valence-electron chi connectivity index (χ4n) is 12.2. The van der Waals surface area contributed by atoms with Crippen LogP contribution in [0.3, 0.4) is 0 Å². The molecule has 0 saturated heterocycles. The van der Waals surface area contributed by atoms with Crippen LogP contribution >= 0.6 is 0 Å². The fraction of sp³-hybridized carbons (Fsp3) is 0.826. The van der Waals surface area contributed by atoms with Crippen molar-refractivity contribution in [2.75, 3.05) is 58.9 Å². The van der Waals surface area contributed by atoms with Crippen molar-refractivity contribution in [2.45, 2.75) is 137 Å². The summed E-state index contributed by atoms with van der Waals surface area (Å²) in [5, 5.41) is 60.0. The normalized spacial score (nSPS) is 27.8. The molecule has 0 radical (unpaired) electrons. The van der Waals surface area contributed by atoms with Crippen molar-refractivity contribution in [3.05, 3.63) is 11.6 Å². The number of carbonyl (C=O) groups excluding carboxylic acids is 6. The van der Waals surface area contributed by atoms with E-state index >= 15 is 0 Å². The Kier molecular flexibility index (Phi) is 19.1. The van der Waals surface area contributed by atoms with Gasteiger partial charge in [-0.3, -0.25) is 14.7 Å². The molecule has 1 amide bonds. The van der Waals surface area contributed by atoms with E-state index in [1.54, 1.807) is 0 Å². The largest absolute Gasteiger partial charge is 0.549 e. The molecule has 3 fully saturated rings. The molecule has 4 unspecified atom stereocenters. The van der Waals surface area contributed by atoms with Gasteiger partial charge >= 0.3 is 6.09 Å². The maximum absolute atomic E-state index is 13.0. The van der Waals surface area contributed by atoms with E-state index in [0.717, 1.165) is 59.2 Å². The summed E-state index contributed by atoms with van der Waals surface area (Å²) in [6.45, 7) is 8.37. The molecule has 3 saturated carbocycles. The Labute approximate surface area is 367 Å². The quantitative estimate of drug-likeness (QED) is 0.0793. The summed E-state index contributed by atoms with van der Waals surface area (Å²) in [5.41, 5.74) is 1.95. The highest BCUT2D eigenvalue weighted by Gasteiger charge is 2.59. The van der Waals surface area contributed by atoms with Crippen molar-refractivity contribution in [3.63, 3.8) is 0 Å². The molecule has 0 aromatic rings. The van der Waals surface area contributed by atoms with Gasteiger partial charge in [-0.25, -0.2) is 4.79 Å². The van der Waals surface area contributed by atoms with E-state index in [4.69, 9.17) is 4.74 Å². The van der Waals surface area contributed by atoms with Crippen LogP contribution in [0.2, 0.25) is 0 Å². The molecule has 1 N–H and O–H groups in total. The second-order valence-electron chi connectivity index (χ2n) is 19.8. The van der Waals surface area contributed by atoms with Gasteiger partial charge in [0.2, 0.25) is 0 Å². The van der Waals surface area contributed by atoms with Gasteiger partial charge in [0.25, 0.3) is 0 Å². The van der Waals surface area contributed by atoms with Gasteiger partial charge in [0.1, 0.15) is 6.10 Å². The van der Waals surface area contributed by atoms with Gasteiger partial charge in [-0.05, 0) is 111 Å². The molecule has 62 heavy (non-hydrogen) atoms. The Bertz CT molecular complexity index is 1520. The van der Waals surface area contributed by atoms with Crippen molar-refractivity contribution >= 4 is 35.9 Å². The smallest absolute Gasteiger partial charge is 0.407 e. The molecular formula is C46H71N4O12-5. The number of alkyl carbamates (subject to hydrolysis) is 1. The van der Waals surface area contributed by atoms with Gasteiger partial charge in [0.15, 0.2) is 0 Å². The van der Waals surface area contributed by atoms with E-state index in [0.29, 0.717) is 23.7 Å². The minimum atomic E-state index is -1.57. The summed E-state index contributed by atoms with van der Waals surface area (Å²) in [7, 11) is 0. The lowest BCUT2D eigenvalue weighted by atomic mass is 9.47. The maximum Gasteiger partial charge on any atom is 0.407 e. The molecule has 4 rings (SSSR count). The second-order valence-corrected chi connectivity index (χ2v) is 19.8. The number of hydrogen-bond acceptors (Lipinski definition) is 15. The topological polar surface area (TPSA) is 249 Å². The van der Waals surface area contributed by atoms with Gasteiger partial charge in [-0.1, -0.05) is 65.5 Å².